The van der Waals surface area contributed by atoms with Crippen LogP contribution in [0.25, 0.3) is 0 Å². The van der Waals surface area contributed by atoms with Crippen LogP contribution in [0.2, 0.25) is 0 Å². The Hall–Kier alpha value is -3.49. The summed E-state index contributed by atoms with van der Waals surface area (Å²) in [6.45, 7) is 0.222. The van der Waals surface area contributed by atoms with E-state index in [-0.39, 0.29) is 18.9 Å². The fraction of sp³-hybridized carbons (Fsp3) is 0.120. The predicted octanol–water partition coefficient (Wildman–Crippen LogP) is 5.73. The number of ether oxygens (including phenoxy) is 2. The maximum Gasteiger partial charge on any atom is 0.231 e. The van der Waals surface area contributed by atoms with E-state index in [1.165, 1.54) is 0 Å². The zero-order valence-corrected chi connectivity index (χ0v) is 19.0. The van der Waals surface area contributed by atoms with E-state index < -0.39 is 0 Å². The van der Waals surface area contributed by atoms with Crippen LogP contribution in [0, 0.1) is 0 Å². The van der Waals surface area contributed by atoms with Gasteiger partial charge in [0, 0.05) is 22.8 Å². The Morgan fingerprint density at radius 2 is 1.79 bits per heavy atom. The van der Waals surface area contributed by atoms with Crippen molar-refractivity contribution in [3.63, 3.8) is 0 Å². The van der Waals surface area contributed by atoms with E-state index in [1.807, 2.05) is 66.7 Å². The van der Waals surface area contributed by atoms with Crippen molar-refractivity contribution < 1.29 is 13.9 Å². The molecule has 6 rings (SSSR count). The summed E-state index contributed by atoms with van der Waals surface area (Å²) in [7, 11) is 0. The number of fused-ring (bicyclic) bond motifs is 1. The van der Waals surface area contributed by atoms with Crippen LogP contribution in [0.1, 0.15) is 23.5 Å². The van der Waals surface area contributed by atoms with E-state index in [0.717, 1.165) is 32.9 Å². The number of benzene rings is 2. The van der Waals surface area contributed by atoms with Gasteiger partial charge in [-0.1, -0.05) is 36.0 Å². The first-order valence-corrected chi connectivity index (χ1v) is 11.7. The molecule has 8 heteroatoms. The van der Waals surface area contributed by atoms with Crippen molar-refractivity contribution in [2.45, 2.75) is 22.1 Å². The van der Waals surface area contributed by atoms with Crippen LogP contribution in [0.4, 0.5) is 5.69 Å². The highest BCUT2D eigenvalue weighted by Gasteiger charge is 2.43. The lowest BCUT2D eigenvalue weighted by atomic mass is 10.0. The number of rotatable bonds is 5. The summed E-state index contributed by atoms with van der Waals surface area (Å²) in [6, 6.07) is 25.5. The van der Waals surface area contributed by atoms with Crippen LogP contribution in [-0.4, -0.2) is 16.9 Å². The average molecular weight is 474 g/mol. The molecule has 2 unspecified atom stereocenters. The zero-order chi connectivity index (χ0) is 22.2. The number of pyridine rings is 1. The standard InChI is InChI=1S/C25H19N3O3S2/c32-25-27-23(18-8-4-5-13-26-18)24(28(25)16-9-10-19-21(14-16)30-15-29-19)20-11-12-22(31-20)33-17-6-2-1-3-7-17/h1-14,23-24H,15H2,(H,27,32). The second kappa shape index (κ2) is 8.46. The van der Waals surface area contributed by atoms with Gasteiger partial charge in [-0.25, -0.2) is 0 Å². The molecule has 33 heavy (non-hydrogen) atoms. The molecule has 2 aliphatic heterocycles. The number of aromatic nitrogens is 1. The van der Waals surface area contributed by atoms with Crippen LogP contribution in [0.3, 0.4) is 0 Å². The topological polar surface area (TPSA) is 59.8 Å². The van der Waals surface area contributed by atoms with E-state index in [9.17, 15) is 0 Å². The third-order valence-corrected chi connectivity index (χ3v) is 6.83. The summed E-state index contributed by atoms with van der Waals surface area (Å²) < 4.78 is 17.4. The van der Waals surface area contributed by atoms with E-state index >= 15 is 0 Å². The van der Waals surface area contributed by atoms with Gasteiger partial charge in [-0.2, -0.15) is 0 Å². The Bertz CT molecular complexity index is 1300. The molecule has 6 nitrogen and oxygen atoms in total. The smallest absolute Gasteiger partial charge is 0.231 e. The lowest BCUT2D eigenvalue weighted by Gasteiger charge is -2.26. The summed E-state index contributed by atoms with van der Waals surface area (Å²) in [5.41, 5.74) is 1.79. The molecule has 1 saturated heterocycles. The van der Waals surface area contributed by atoms with E-state index in [4.69, 9.17) is 26.1 Å². The van der Waals surface area contributed by atoms with E-state index in [1.54, 1.807) is 18.0 Å². The molecule has 4 heterocycles. The maximum atomic E-state index is 6.35. The van der Waals surface area contributed by atoms with Gasteiger partial charge < -0.3 is 24.1 Å². The van der Waals surface area contributed by atoms with Gasteiger partial charge in [0.1, 0.15) is 11.8 Å². The Balaban J connectivity index is 1.39. The van der Waals surface area contributed by atoms with Gasteiger partial charge in [0.2, 0.25) is 6.79 Å². The second-order valence-electron chi connectivity index (χ2n) is 7.61. The third-order valence-electron chi connectivity index (χ3n) is 5.59. The molecule has 1 N–H and O–H groups in total. The van der Waals surface area contributed by atoms with Crippen LogP contribution in [0.5, 0.6) is 11.5 Å². The van der Waals surface area contributed by atoms with Gasteiger partial charge in [0.05, 0.1) is 11.7 Å². The molecule has 2 aromatic carbocycles. The summed E-state index contributed by atoms with van der Waals surface area (Å²) in [5.74, 6) is 2.23. The summed E-state index contributed by atoms with van der Waals surface area (Å²) in [4.78, 5) is 7.77. The monoisotopic (exact) mass is 473 g/mol. The minimum atomic E-state index is -0.224. The Labute approximate surface area is 200 Å². The molecule has 0 amide bonds. The number of thiocarbonyl (C=S) groups is 1. The van der Waals surface area contributed by atoms with Gasteiger partial charge in [0.15, 0.2) is 21.7 Å². The van der Waals surface area contributed by atoms with Crippen molar-refractivity contribution in [3.05, 3.63) is 96.5 Å². The van der Waals surface area contributed by atoms with Crippen molar-refractivity contribution in [1.29, 1.82) is 0 Å². The molecule has 4 aromatic rings. The molecule has 0 bridgehead atoms. The molecule has 2 aliphatic rings. The highest BCUT2D eigenvalue weighted by Crippen LogP contribution is 2.45. The van der Waals surface area contributed by atoms with Crippen LogP contribution in [0.15, 0.2) is 99.5 Å². The first-order valence-electron chi connectivity index (χ1n) is 10.5. The molecule has 0 radical (unpaired) electrons. The average Bonchev–Trinajstić information content (AvgIpc) is 3.58. The molecule has 2 aromatic heterocycles. The van der Waals surface area contributed by atoms with Gasteiger partial charge >= 0.3 is 0 Å². The van der Waals surface area contributed by atoms with Gasteiger partial charge in [-0.05, 0) is 60.7 Å². The third kappa shape index (κ3) is 3.81. The lowest BCUT2D eigenvalue weighted by Crippen LogP contribution is -2.29. The highest BCUT2D eigenvalue weighted by atomic mass is 32.2. The normalized spacial score (nSPS) is 19.0. The molecular formula is C25H19N3O3S2. The summed E-state index contributed by atoms with van der Waals surface area (Å²) >= 11 is 7.37. The van der Waals surface area contributed by atoms with Gasteiger partial charge in [-0.15, -0.1) is 0 Å². The molecule has 164 valence electrons. The largest absolute Gasteiger partial charge is 0.454 e. The molecule has 1 fully saturated rings. The molecule has 0 aliphatic carbocycles. The Morgan fingerprint density at radius 1 is 0.939 bits per heavy atom. The highest BCUT2D eigenvalue weighted by molar-refractivity contribution is 7.99. The van der Waals surface area contributed by atoms with E-state index in [0.29, 0.717) is 10.9 Å². The molecular weight excluding hydrogens is 454 g/mol. The Kier molecular flexibility index (Phi) is 5.16. The summed E-state index contributed by atoms with van der Waals surface area (Å²) in [6.07, 6.45) is 1.79. The SMILES string of the molecule is S=C1NC(c2ccccn2)C(c2ccc(Sc3ccccc3)o2)N1c1ccc2c(c1)OCO2. The van der Waals surface area contributed by atoms with Crippen LogP contribution >= 0.6 is 24.0 Å². The lowest BCUT2D eigenvalue weighted by molar-refractivity contribution is 0.174. The van der Waals surface area contributed by atoms with Gasteiger partial charge in [-0.3, -0.25) is 4.98 Å². The number of anilines is 1. The first kappa shape index (κ1) is 20.1. The van der Waals surface area contributed by atoms with E-state index in [2.05, 4.69) is 27.3 Å². The first-order chi connectivity index (χ1) is 16.3. The quantitative estimate of drug-likeness (QED) is 0.369. The number of nitrogens with one attached hydrogen (secondary N) is 1. The maximum absolute atomic E-state index is 6.35. The second-order valence-corrected chi connectivity index (χ2v) is 9.07. The van der Waals surface area contributed by atoms with Crippen molar-refractivity contribution in [2.75, 3.05) is 11.7 Å². The zero-order valence-electron chi connectivity index (χ0n) is 17.4. The number of nitrogens with zero attached hydrogens (tertiary/aromatic N) is 2. The molecule has 0 spiro atoms. The minimum absolute atomic E-state index is 0.176. The Morgan fingerprint density at radius 3 is 2.64 bits per heavy atom. The van der Waals surface area contributed by atoms with Crippen LogP contribution < -0.4 is 19.7 Å². The van der Waals surface area contributed by atoms with Crippen molar-refractivity contribution in [2.24, 2.45) is 0 Å². The van der Waals surface area contributed by atoms with Crippen molar-refractivity contribution >= 4 is 34.8 Å². The van der Waals surface area contributed by atoms with Gasteiger partial charge in [0.25, 0.3) is 0 Å². The fourth-order valence-electron chi connectivity index (χ4n) is 4.11. The predicted molar refractivity (Wildman–Crippen MR) is 130 cm³/mol. The van der Waals surface area contributed by atoms with Crippen molar-refractivity contribution in [1.82, 2.24) is 10.3 Å². The molecule has 2 atom stereocenters. The summed E-state index contributed by atoms with van der Waals surface area (Å²) in [5, 5.41) is 4.87. The number of hydrogen-bond acceptors (Lipinski definition) is 6. The fourth-order valence-corrected chi connectivity index (χ4v) is 5.26. The van der Waals surface area contributed by atoms with Crippen molar-refractivity contribution in [3.8, 4) is 11.5 Å². The van der Waals surface area contributed by atoms with Crippen LogP contribution in [-0.2, 0) is 0 Å². The minimum Gasteiger partial charge on any atom is -0.454 e. The number of furan rings is 1. The number of hydrogen-bond donors (Lipinski definition) is 1. The molecule has 0 saturated carbocycles.